The number of carbonyl (C=O) groups is 2. The molecule has 1 aromatic carbocycles. The molecule has 7 nitrogen and oxygen atoms in total. The number of methoxy groups -OCH3 is 1. The number of aromatic amines is 1. The van der Waals surface area contributed by atoms with Crippen molar-refractivity contribution in [3.63, 3.8) is 0 Å². The molecule has 144 valence electrons. The third-order valence-corrected chi connectivity index (χ3v) is 4.24. The molecule has 0 unspecified atom stereocenters. The number of rotatable bonds is 8. The minimum atomic E-state index is -0.438. The maximum atomic E-state index is 12.3. The fraction of sp³-hybridized carbons (Fsp3) is 0.238. The first-order valence-electron chi connectivity index (χ1n) is 8.83. The topological polar surface area (TPSA) is 94.2 Å². The van der Waals surface area contributed by atoms with Crippen LogP contribution in [0.25, 0.3) is 22.3 Å². The van der Waals surface area contributed by atoms with Crippen molar-refractivity contribution < 1.29 is 19.1 Å². The number of hydrogen-bond acceptors (Lipinski definition) is 6. The van der Waals surface area contributed by atoms with Gasteiger partial charge >= 0.3 is 5.97 Å². The number of benzene rings is 1. The highest BCUT2D eigenvalue weighted by atomic mass is 16.5. The van der Waals surface area contributed by atoms with Gasteiger partial charge in [-0.25, -0.2) is 14.8 Å². The fourth-order valence-corrected chi connectivity index (χ4v) is 2.95. The Balaban J connectivity index is 1.99. The predicted octanol–water partition coefficient (Wildman–Crippen LogP) is 3.12. The van der Waals surface area contributed by atoms with Gasteiger partial charge in [0.2, 0.25) is 0 Å². The lowest BCUT2D eigenvalue weighted by Crippen LogP contribution is -2.09. The Morgan fingerprint density at radius 3 is 2.82 bits per heavy atom. The third-order valence-electron chi connectivity index (χ3n) is 4.24. The molecule has 0 saturated carbocycles. The van der Waals surface area contributed by atoms with E-state index in [1.807, 2.05) is 24.3 Å². The van der Waals surface area contributed by atoms with Crippen LogP contribution in [0.3, 0.4) is 0 Å². The molecule has 2 heterocycles. The van der Waals surface area contributed by atoms with Crippen LogP contribution in [0.1, 0.15) is 22.8 Å². The summed E-state index contributed by atoms with van der Waals surface area (Å²) in [5.74, 6) is -0.521. The van der Waals surface area contributed by atoms with Gasteiger partial charge in [-0.05, 0) is 18.6 Å². The van der Waals surface area contributed by atoms with Gasteiger partial charge in [0.15, 0.2) is 5.78 Å². The molecule has 0 spiro atoms. The molecule has 7 heteroatoms. The Morgan fingerprint density at radius 2 is 2.07 bits per heavy atom. The standard InChI is InChI=1S/C21H21N3O4/c1-4-28-21(26)16-10-22-20-18(16)19(23-12-24-20)15-7-5-6-14(8-15)9-17(25)13(2)11-27-3/h5-8,10,12H,2,4,9,11H2,1,3H3,(H,22,23,24). The molecule has 2 aromatic heterocycles. The molecule has 1 N–H and O–H groups in total. The monoisotopic (exact) mass is 379 g/mol. The summed E-state index contributed by atoms with van der Waals surface area (Å²) in [7, 11) is 1.53. The highest BCUT2D eigenvalue weighted by molar-refractivity contribution is 6.08. The highest BCUT2D eigenvalue weighted by Crippen LogP contribution is 2.29. The number of H-pyrrole nitrogens is 1. The van der Waals surface area contributed by atoms with Gasteiger partial charge in [0.05, 0.1) is 29.9 Å². The summed E-state index contributed by atoms with van der Waals surface area (Å²) in [5.41, 5.74) is 3.54. The summed E-state index contributed by atoms with van der Waals surface area (Å²) in [6.07, 6.45) is 3.21. The van der Waals surface area contributed by atoms with E-state index < -0.39 is 5.97 Å². The van der Waals surface area contributed by atoms with Crippen LogP contribution in [0, 0.1) is 0 Å². The van der Waals surface area contributed by atoms with Crippen LogP contribution in [0.4, 0.5) is 0 Å². The first kappa shape index (κ1) is 19.4. The number of ether oxygens (including phenoxy) is 2. The van der Waals surface area contributed by atoms with Crippen molar-refractivity contribution >= 4 is 22.8 Å². The lowest BCUT2D eigenvalue weighted by Gasteiger charge is -2.08. The minimum Gasteiger partial charge on any atom is -0.462 e. The van der Waals surface area contributed by atoms with Gasteiger partial charge in [-0.15, -0.1) is 0 Å². The van der Waals surface area contributed by atoms with E-state index in [9.17, 15) is 9.59 Å². The Hall–Kier alpha value is -3.32. The van der Waals surface area contributed by atoms with Crippen LogP contribution in [-0.2, 0) is 20.7 Å². The van der Waals surface area contributed by atoms with Crippen LogP contribution >= 0.6 is 0 Å². The van der Waals surface area contributed by atoms with Crippen molar-refractivity contribution in [3.05, 3.63) is 60.1 Å². The van der Waals surface area contributed by atoms with E-state index in [1.165, 1.54) is 13.4 Å². The Labute approximate surface area is 162 Å². The Bertz CT molecular complexity index is 1040. The second kappa shape index (κ2) is 8.58. The molecule has 28 heavy (non-hydrogen) atoms. The number of nitrogens with one attached hydrogen (secondary N) is 1. The molecular weight excluding hydrogens is 358 g/mol. The van der Waals surface area contributed by atoms with Gasteiger partial charge in [0, 0.05) is 30.9 Å². The molecule has 3 rings (SSSR count). The SMILES string of the molecule is C=C(COC)C(=O)Cc1cccc(-c2ncnc3[nH]cc(C(=O)OCC)c23)c1. The fourth-order valence-electron chi connectivity index (χ4n) is 2.95. The number of aromatic nitrogens is 3. The van der Waals surface area contributed by atoms with E-state index in [0.717, 1.165) is 11.1 Å². The van der Waals surface area contributed by atoms with Crippen molar-refractivity contribution in [2.45, 2.75) is 13.3 Å². The average Bonchev–Trinajstić information content (AvgIpc) is 3.13. The molecule has 0 amide bonds. The van der Waals surface area contributed by atoms with E-state index in [2.05, 4.69) is 21.5 Å². The van der Waals surface area contributed by atoms with Crippen LogP contribution in [0.15, 0.2) is 48.9 Å². The number of hydrogen-bond donors (Lipinski definition) is 1. The van der Waals surface area contributed by atoms with E-state index in [-0.39, 0.29) is 25.4 Å². The quantitative estimate of drug-likeness (QED) is 0.477. The van der Waals surface area contributed by atoms with Crippen molar-refractivity contribution in [2.75, 3.05) is 20.3 Å². The average molecular weight is 379 g/mol. The van der Waals surface area contributed by atoms with Crippen LogP contribution in [0.2, 0.25) is 0 Å². The summed E-state index contributed by atoms with van der Waals surface area (Å²) in [6.45, 7) is 5.99. The Kier molecular flexibility index (Phi) is 5.96. The van der Waals surface area contributed by atoms with Crippen molar-refractivity contribution in [2.24, 2.45) is 0 Å². The number of esters is 1. The molecule has 0 aliphatic carbocycles. The summed E-state index contributed by atoms with van der Waals surface area (Å²) in [4.78, 5) is 36.1. The second-order valence-electron chi connectivity index (χ2n) is 6.21. The summed E-state index contributed by atoms with van der Waals surface area (Å²) < 4.78 is 10.1. The summed E-state index contributed by atoms with van der Waals surface area (Å²) in [6, 6.07) is 7.47. The van der Waals surface area contributed by atoms with Gasteiger partial charge in [-0.3, -0.25) is 4.79 Å². The van der Waals surface area contributed by atoms with Gasteiger partial charge in [0.1, 0.15) is 12.0 Å². The minimum absolute atomic E-state index is 0.0827. The first-order chi connectivity index (χ1) is 13.5. The molecule has 3 aromatic rings. The molecule has 0 bridgehead atoms. The third kappa shape index (κ3) is 3.99. The smallest absolute Gasteiger partial charge is 0.340 e. The Morgan fingerprint density at radius 1 is 1.25 bits per heavy atom. The molecule has 0 aliphatic heterocycles. The molecule has 0 atom stereocenters. The van der Waals surface area contributed by atoms with Crippen molar-refractivity contribution in [3.8, 4) is 11.3 Å². The van der Waals surface area contributed by atoms with E-state index in [1.54, 1.807) is 13.1 Å². The van der Waals surface area contributed by atoms with Crippen LogP contribution in [-0.4, -0.2) is 47.0 Å². The maximum Gasteiger partial charge on any atom is 0.340 e. The van der Waals surface area contributed by atoms with E-state index in [0.29, 0.717) is 27.9 Å². The van der Waals surface area contributed by atoms with Crippen LogP contribution in [0.5, 0.6) is 0 Å². The number of ketones is 1. The maximum absolute atomic E-state index is 12.3. The first-order valence-corrected chi connectivity index (χ1v) is 8.83. The van der Waals surface area contributed by atoms with Gasteiger partial charge in [-0.1, -0.05) is 24.8 Å². The zero-order valence-electron chi connectivity index (χ0n) is 15.8. The zero-order valence-corrected chi connectivity index (χ0v) is 15.8. The van der Waals surface area contributed by atoms with Gasteiger partial charge in [-0.2, -0.15) is 0 Å². The lowest BCUT2D eigenvalue weighted by molar-refractivity contribution is -0.115. The van der Waals surface area contributed by atoms with Crippen molar-refractivity contribution in [1.29, 1.82) is 0 Å². The molecule has 0 fully saturated rings. The van der Waals surface area contributed by atoms with Crippen LogP contribution < -0.4 is 0 Å². The van der Waals surface area contributed by atoms with Gasteiger partial charge < -0.3 is 14.5 Å². The summed E-state index contributed by atoms with van der Waals surface area (Å²) >= 11 is 0. The number of nitrogens with zero attached hydrogens (tertiary/aromatic N) is 2. The zero-order chi connectivity index (χ0) is 20.1. The van der Waals surface area contributed by atoms with Gasteiger partial charge in [0.25, 0.3) is 0 Å². The van der Waals surface area contributed by atoms with E-state index in [4.69, 9.17) is 9.47 Å². The summed E-state index contributed by atoms with van der Waals surface area (Å²) in [5, 5.41) is 0.591. The number of Topliss-reactive ketones (excluding diaryl/α,β-unsaturated/α-hetero) is 1. The molecule has 0 saturated heterocycles. The number of fused-ring (bicyclic) bond motifs is 1. The molecular formula is C21H21N3O4. The van der Waals surface area contributed by atoms with Crippen molar-refractivity contribution in [1.82, 2.24) is 15.0 Å². The molecule has 0 aliphatic rings. The number of carbonyl (C=O) groups excluding carboxylic acids is 2. The highest BCUT2D eigenvalue weighted by Gasteiger charge is 2.19. The predicted molar refractivity (Wildman–Crippen MR) is 105 cm³/mol. The molecule has 0 radical (unpaired) electrons. The normalized spacial score (nSPS) is 10.8. The second-order valence-corrected chi connectivity index (χ2v) is 6.21. The largest absolute Gasteiger partial charge is 0.462 e. The van der Waals surface area contributed by atoms with E-state index >= 15 is 0 Å². The lowest BCUT2D eigenvalue weighted by atomic mass is 9.99.